The highest BCUT2D eigenvalue weighted by molar-refractivity contribution is 8.14. The summed E-state index contributed by atoms with van der Waals surface area (Å²) in [7, 11) is 0. The normalized spacial score (nSPS) is 40.8. The van der Waals surface area contributed by atoms with Crippen LogP contribution in [0.1, 0.15) is 6.92 Å². The van der Waals surface area contributed by atoms with Crippen LogP contribution in [0, 0.1) is 0 Å². The van der Waals surface area contributed by atoms with E-state index in [9.17, 15) is 0 Å². The highest BCUT2D eigenvalue weighted by Crippen LogP contribution is 2.30. The van der Waals surface area contributed by atoms with Crippen molar-refractivity contribution >= 4 is 16.8 Å². The van der Waals surface area contributed by atoms with Gasteiger partial charge in [0.2, 0.25) is 0 Å². The zero-order chi connectivity index (χ0) is 6.27. The van der Waals surface area contributed by atoms with Crippen molar-refractivity contribution in [3.05, 3.63) is 0 Å². The van der Waals surface area contributed by atoms with Crippen LogP contribution in [-0.4, -0.2) is 29.5 Å². The van der Waals surface area contributed by atoms with E-state index in [1.54, 1.807) is 0 Å². The Kier molecular flexibility index (Phi) is 1.27. The van der Waals surface area contributed by atoms with E-state index in [0.29, 0.717) is 11.3 Å². The molecular formula is C6H9NOS. The van der Waals surface area contributed by atoms with Gasteiger partial charge in [-0.25, -0.2) is 0 Å². The van der Waals surface area contributed by atoms with Crippen LogP contribution in [0.3, 0.4) is 0 Å². The average molecular weight is 143 g/mol. The Morgan fingerprint density at radius 3 is 3.33 bits per heavy atom. The molecule has 0 aromatic heterocycles. The first-order chi connectivity index (χ1) is 4.36. The summed E-state index contributed by atoms with van der Waals surface area (Å²) in [5.41, 5.74) is 0. The van der Waals surface area contributed by atoms with Crippen LogP contribution in [0.4, 0.5) is 0 Å². The molecule has 2 nitrogen and oxygen atoms in total. The Hall–Kier alpha value is -0.0200. The van der Waals surface area contributed by atoms with Gasteiger partial charge in [-0.15, -0.1) is 11.8 Å². The number of fused-ring (bicyclic) bond motifs is 1. The Morgan fingerprint density at radius 2 is 2.56 bits per heavy atom. The molecule has 3 heteroatoms. The molecule has 0 bridgehead atoms. The Bertz CT molecular complexity index is 157. The van der Waals surface area contributed by atoms with Crippen LogP contribution < -0.4 is 0 Å². The van der Waals surface area contributed by atoms with Crippen molar-refractivity contribution < 1.29 is 4.74 Å². The molecule has 50 valence electrons. The van der Waals surface area contributed by atoms with Crippen molar-refractivity contribution in [1.29, 1.82) is 0 Å². The third-order valence-electron chi connectivity index (χ3n) is 1.67. The lowest BCUT2D eigenvalue weighted by atomic mass is 10.3. The zero-order valence-corrected chi connectivity index (χ0v) is 6.15. The molecule has 0 amide bonds. The summed E-state index contributed by atoms with van der Waals surface area (Å²) in [5, 5.41) is 1.87. The highest BCUT2D eigenvalue weighted by Gasteiger charge is 2.33. The van der Waals surface area contributed by atoms with E-state index in [1.807, 2.05) is 11.8 Å². The standard InChI is InChI=1S/C6H9NOS/c1-4-7-5-2-8-3-6(5)9-4/h5-6H,2-3H2,1H3. The number of ether oxygens (including phenoxy) is 1. The minimum Gasteiger partial charge on any atom is -0.378 e. The molecular weight excluding hydrogens is 134 g/mol. The molecule has 0 radical (unpaired) electrons. The molecule has 0 spiro atoms. The minimum absolute atomic E-state index is 0.481. The number of hydrogen-bond donors (Lipinski definition) is 0. The van der Waals surface area contributed by atoms with Gasteiger partial charge in [-0.3, -0.25) is 4.99 Å². The molecule has 0 aromatic rings. The van der Waals surface area contributed by atoms with Gasteiger partial charge in [0, 0.05) is 0 Å². The Balaban J connectivity index is 2.13. The van der Waals surface area contributed by atoms with E-state index < -0.39 is 0 Å². The van der Waals surface area contributed by atoms with Gasteiger partial charge in [-0.1, -0.05) is 0 Å². The van der Waals surface area contributed by atoms with Crippen molar-refractivity contribution in [3.63, 3.8) is 0 Å². The summed E-state index contributed by atoms with van der Waals surface area (Å²) >= 11 is 1.86. The number of hydrogen-bond acceptors (Lipinski definition) is 3. The van der Waals surface area contributed by atoms with Crippen molar-refractivity contribution in [2.45, 2.75) is 18.2 Å². The highest BCUT2D eigenvalue weighted by atomic mass is 32.2. The summed E-state index contributed by atoms with van der Waals surface area (Å²) in [6.45, 7) is 3.81. The van der Waals surface area contributed by atoms with Gasteiger partial charge in [-0.2, -0.15) is 0 Å². The van der Waals surface area contributed by atoms with Crippen LogP contribution in [0.2, 0.25) is 0 Å². The van der Waals surface area contributed by atoms with Crippen molar-refractivity contribution in [2.24, 2.45) is 4.99 Å². The summed E-state index contributed by atoms with van der Waals surface area (Å²) in [4.78, 5) is 4.41. The second-order valence-corrected chi connectivity index (χ2v) is 3.84. The third-order valence-corrected chi connectivity index (χ3v) is 2.87. The topological polar surface area (TPSA) is 21.6 Å². The minimum atomic E-state index is 0.481. The lowest BCUT2D eigenvalue weighted by Gasteiger charge is -1.99. The first kappa shape index (κ1) is 5.74. The first-order valence-corrected chi connectivity index (χ1v) is 4.03. The molecule has 2 aliphatic rings. The molecule has 2 heterocycles. The second kappa shape index (κ2) is 1.99. The maximum Gasteiger partial charge on any atom is 0.0886 e. The van der Waals surface area contributed by atoms with Crippen molar-refractivity contribution in [3.8, 4) is 0 Å². The molecule has 2 rings (SSSR count). The predicted octanol–water partition coefficient (Wildman–Crippen LogP) is 0.919. The number of nitrogens with zero attached hydrogens (tertiary/aromatic N) is 1. The van der Waals surface area contributed by atoms with Crippen LogP contribution in [0.15, 0.2) is 4.99 Å². The van der Waals surface area contributed by atoms with Gasteiger partial charge in [0.25, 0.3) is 0 Å². The van der Waals surface area contributed by atoms with E-state index >= 15 is 0 Å². The molecule has 0 aliphatic carbocycles. The van der Waals surface area contributed by atoms with Gasteiger partial charge in [-0.05, 0) is 6.92 Å². The molecule has 2 aliphatic heterocycles. The second-order valence-electron chi connectivity index (χ2n) is 2.41. The molecule has 2 atom stereocenters. The maximum absolute atomic E-state index is 5.23. The van der Waals surface area contributed by atoms with Crippen LogP contribution >= 0.6 is 11.8 Å². The van der Waals surface area contributed by atoms with Crippen molar-refractivity contribution in [2.75, 3.05) is 13.2 Å². The molecule has 1 saturated heterocycles. The molecule has 0 saturated carbocycles. The SMILES string of the molecule is CC1=NC2COCC2S1. The van der Waals surface area contributed by atoms with E-state index in [0.717, 1.165) is 13.2 Å². The molecule has 9 heavy (non-hydrogen) atoms. The first-order valence-electron chi connectivity index (χ1n) is 3.15. The summed E-state index contributed by atoms with van der Waals surface area (Å²) in [6.07, 6.45) is 0. The van der Waals surface area contributed by atoms with Gasteiger partial charge >= 0.3 is 0 Å². The van der Waals surface area contributed by atoms with E-state index in [1.165, 1.54) is 5.04 Å². The Labute approximate surface area is 58.7 Å². The molecule has 0 N–H and O–H groups in total. The number of thioether (sulfide) groups is 1. The molecule has 2 unspecified atom stereocenters. The zero-order valence-electron chi connectivity index (χ0n) is 5.33. The van der Waals surface area contributed by atoms with E-state index in [2.05, 4.69) is 11.9 Å². The van der Waals surface area contributed by atoms with Crippen molar-refractivity contribution in [1.82, 2.24) is 0 Å². The molecule has 1 fully saturated rings. The summed E-state index contributed by atoms with van der Waals surface area (Å²) in [5.74, 6) is 0. The fourth-order valence-electron chi connectivity index (χ4n) is 1.24. The quantitative estimate of drug-likeness (QED) is 0.503. The van der Waals surface area contributed by atoms with E-state index in [-0.39, 0.29) is 0 Å². The maximum atomic E-state index is 5.23. The lowest BCUT2D eigenvalue weighted by molar-refractivity contribution is 0.195. The smallest absolute Gasteiger partial charge is 0.0886 e. The fourth-order valence-corrected chi connectivity index (χ4v) is 2.33. The van der Waals surface area contributed by atoms with Crippen LogP contribution in [0.5, 0.6) is 0 Å². The number of aliphatic imine (C=N–C) groups is 1. The predicted molar refractivity (Wildman–Crippen MR) is 39.1 cm³/mol. The third kappa shape index (κ3) is 0.883. The van der Waals surface area contributed by atoms with Gasteiger partial charge in [0.1, 0.15) is 0 Å². The molecule has 0 aromatic carbocycles. The van der Waals surface area contributed by atoms with Gasteiger partial charge < -0.3 is 4.74 Å². The average Bonchev–Trinajstić information content (AvgIpc) is 2.22. The lowest BCUT2D eigenvalue weighted by Crippen LogP contribution is -2.12. The summed E-state index contributed by atoms with van der Waals surface area (Å²) in [6, 6.07) is 0.481. The van der Waals surface area contributed by atoms with Crippen LogP contribution in [0.25, 0.3) is 0 Å². The number of rotatable bonds is 0. The fraction of sp³-hybridized carbons (Fsp3) is 0.833. The van der Waals surface area contributed by atoms with Gasteiger partial charge in [0.15, 0.2) is 0 Å². The summed E-state index contributed by atoms with van der Waals surface area (Å²) < 4.78 is 5.23. The Morgan fingerprint density at radius 1 is 1.67 bits per heavy atom. The van der Waals surface area contributed by atoms with E-state index in [4.69, 9.17) is 4.74 Å². The van der Waals surface area contributed by atoms with Crippen LogP contribution in [-0.2, 0) is 4.74 Å². The largest absolute Gasteiger partial charge is 0.378 e. The van der Waals surface area contributed by atoms with Gasteiger partial charge in [0.05, 0.1) is 29.5 Å². The monoisotopic (exact) mass is 143 g/mol.